The highest BCUT2D eigenvalue weighted by Crippen LogP contribution is 2.29. The number of nitriles is 1. The summed E-state index contributed by atoms with van der Waals surface area (Å²) < 4.78 is 10.00. The van der Waals surface area contributed by atoms with E-state index < -0.39 is 0 Å². The molecule has 0 radical (unpaired) electrons. The zero-order chi connectivity index (χ0) is 15.8. The third-order valence-corrected chi connectivity index (χ3v) is 4.17. The van der Waals surface area contributed by atoms with Crippen LogP contribution in [0.1, 0.15) is 30.2 Å². The van der Waals surface area contributed by atoms with Crippen molar-refractivity contribution in [3.8, 4) is 6.07 Å². The largest absolute Gasteiger partial charge is 0.462 e. The minimum atomic E-state index is -0.373. The summed E-state index contributed by atoms with van der Waals surface area (Å²) in [4.78, 5) is 16.4. The van der Waals surface area contributed by atoms with E-state index in [2.05, 4.69) is 11.1 Å². The zero-order valence-corrected chi connectivity index (χ0v) is 13.6. The highest BCUT2D eigenvalue weighted by atomic mass is 32.2. The van der Waals surface area contributed by atoms with Crippen LogP contribution in [0.2, 0.25) is 0 Å². The van der Waals surface area contributed by atoms with Crippen molar-refractivity contribution in [1.29, 1.82) is 5.26 Å². The van der Waals surface area contributed by atoms with Gasteiger partial charge in [0.25, 0.3) is 0 Å². The number of ether oxygens (including phenoxy) is 2. The minimum absolute atomic E-state index is 0.234. The topological polar surface area (TPSA) is 72.2 Å². The van der Waals surface area contributed by atoms with Gasteiger partial charge in [0.1, 0.15) is 23.0 Å². The van der Waals surface area contributed by atoms with Crippen molar-refractivity contribution in [2.24, 2.45) is 0 Å². The van der Waals surface area contributed by atoms with Crippen molar-refractivity contribution in [2.45, 2.75) is 37.5 Å². The van der Waals surface area contributed by atoms with Gasteiger partial charge in [0.2, 0.25) is 0 Å². The Morgan fingerprint density at radius 1 is 1.48 bits per heavy atom. The van der Waals surface area contributed by atoms with Crippen molar-refractivity contribution >= 4 is 17.7 Å². The summed E-state index contributed by atoms with van der Waals surface area (Å²) in [6.07, 6.45) is 0.607. The van der Waals surface area contributed by atoms with Crippen LogP contribution in [-0.4, -0.2) is 36.5 Å². The van der Waals surface area contributed by atoms with Crippen LogP contribution in [0.25, 0.3) is 0 Å². The lowest BCUT2D eigenvalue weighted by Gasteiger charge is -2.15. The summed E-state index contributed by atoms with van der Waals surface area (Å²) in [5, 5.41) is 9.47. The van der Waals surface area contributed by atoms with Crippen LogP contribution in [0, 0.1) is 25.2 Å². The summed E-state index contributed by atoms with van der Waals surface area (Å²) in [6, 6.07) is 4.02. The summed E-state index contributed by atoms with van der Waals surface area (Å²) >= 11 is 1.29. The Labute approximate surface area is 129 Å². The standard InChI is InChI=1S/C15H20N2O3S/c1-5-13(15(18)20-7-6-19-4)21-14-12(9-16)10(2)8-11(3)17-14/h8,13H,5-7H2,1-4H3. The van der Waals surface area contributed by atoms with E-state index in [0.29, 0.717) is 23.6 Å². The Bertz CT molecular complexity index is 540. The second kappa shape index (κ2) is 8.65. The molecule has 0 aliphatic carbocycles. The van der Waals surface area contributed by atoms with E-state index in [1.54, 1.807) is 7.11 Å². The molecular formula is C15H20N2O3S. The fourth-order valence-corrected chi connectivity index (χ4v) is 2.90. The quantitative estimate of drug-likeness (QED) is 0.438. The Kier molecular flexibility index (Phi) is 7.20. The zero-order valence-electron chi connectivity index (χ0n) is 12.8. The molecule has 0 aliphatic heterocycles. The number of carbonyl (C=O) groups is 1. The van der Waals surface area contributed by atoms with E-state index in [1.807, 2.05) is 26.8 Å². The van der Waals surface area contributed by atoms with E-state index in [1.165, 1.54) is 11.8 Å². The number of esters is 1. The first-order valence-corrected chi connectivity index (χ1v) is 7.62. The van der Waals surface area contributed by atoms with E-state index >= 15 is 0 Å². The van der Waals surface area contributed by atoms with Crippen LogP contribution in [-0.2, 0) is 14.3 Å². The number of rotatable bonds is 7. The number of nitrogens with zero attached hydrogens (tertiary/aromatic N) is 2. The van der Waals surface area contributed by atoms with Gasteiger partial charge in [-0.1, -0.05) is 18.7 Å². The van der Waals surface area contributed by atoms with Crippen molar-refractivity contribution in [1.82, 2.24) is 4.98 Å². The first-order valence-electron chi connectivity index (χ1n) is 6.74. The van der Waals surface area contributed by atoms with E-state index in [9.17, 15) is 10.1 Å². The molecule has 0 spiro atoms. The molecule has 21 heavy (non-hydrogen) atoms. The average Bonchev–Trinajstić information content (AvgIpc) is 2.44. The number of thioether (sulfide) groups is 1. The molecular weight excluding hydrogens is 288 g/mol. The summed E-state index contributed by atoms with van der Waals surface area (Å²) in [5.74, 6) is -0.301. The van der Waals surface area contributed by atoms with Gasteiger partial charge in [-0.05, 0) is 31.9 Å². The number of methoxy groups -OCH3 is 1. The Balaban J connectivity index is 2.87. The summed E-state index contributed by atoms with van der Waals surface area (Å²) in [7, 11) is 1.55. The van der Waals surface area contributed by atoms with Crippen molar-refractivity contribution in [3.05, 3.63) is 22.9 Å². The number of hydrogen-bond donors (Lipinski definition) is 0. The number of aromatic nitrogens is 1. The maximum Gasteiger partial charge on any atom is 0.319 e. The number of pyridine rings is 1. The van der Waals surface area contributed by atoms with Crippen LogP contribution in [0.3, 0.4) is 0 Å². The summed E-state index contributed by atoms with van der Waals surface area (Å²) in [5.41, 5.74) is 2.22. The number of carbonyl (C=O) groups excluding carboxylic acids is 1. The van der Waals surface area contributed by atoms with Crippen LogP contribution in [0.5, 0.6) is 0 Å². The monoisotopic (exact) mass is 308 g/mol. The molecule has 0 N–H and O–H groups in total. The minimum Gasteiger partial charge on any atom is -0.462 e. The Morgan fingerprint density at radius 3 is 2.76 bits per heavy atom. The van der Waals surface area contributed by atoms with E-state index in [4.69, 9.17) is 9.47 Å². The van der Waals surface area contributed by atoms with Gasteiger partial charge in [0.05, 0.1) is 12.2 Å². The van der Waals surface area contributed by atoms with Crippen LogP contribution < -0.4 is 0 Å². The van der Waals surface area contributed by atoms with Gasteiger partial charge in [-0.25, -0.2) is 4.98 Å². The first kappa shape index (κ1) is 17.5. The van der Waals surface area contributed by atoms with Crippen molar-refractivity contribution < 1.29 is 14.3 Å². The molecule has 0 saturated carbocycles. The first-order chi connectivity index (χ1) is 10.0. The van der Waals surface area contributed by atoms with E-state index in [0.717, 1.165) is 11.3 Å². The maximum absolute atomic E-state index is 12.0. The Hall–Kier alpha value is -1.58. The van der Waals surface area contributed by atoms with Gasteiger partial charge in [0.15, 0.2) is 0 Å². The smallest absolute Gasteiger partial charge is 0.319 e. The predicted molar refractivity (Wildman–Crippen MR) is 81.2 cm³/mol. The lowest BCUT2D eigenvalue weighted by atomic mass is 10.1. The highest BCUT2D eigenvalue weighted by Gasteiger charge is 2.22. The molecule has 0 fully saturated rings. The van der Waals surface area contributed by atoms with Gasteiger partial charge < -0.3 is 9.47 Å². The molecule has 5 nitrogen and oxygen atoms in total. The molecule has 114 valence electrons. The molecule has 1 rings (SSSR count). The predicted octanol–water partition coefficient (Wildman–Crippen LogP) is 2.63. The lowest BCUT2D eigenvalue weighted by molar-refractivity contribution is -0.144. The molecule has 0 amide bonds. The van der Waals surface area contributed by atoms with E-state index in [-0.39, 0.29) is 17.8 Å². The van der Waals surface area contributed by atoms with Crippen LogP contribution in [0.15, 0.2) is 11.1 Å². The second-order valence-corrected chi connectivity index (χ2v) is 5.74. The van der Waals surface area contributed by atoms with Crippen molar-refractivity contribution in [3.63, 3.8) is 0 Å². The lowest BCUT2D eigenvalue weighted by Crippen LogP contribution is -2.21. The molecule has 1 atom stereocenters. The molecule has 0 aromatic carbocycles. The summed E-state index contributed by atoms with van der Waals surface area (Å²) in [6.45, 7) is 6.26. The normalized spacial score (nSPS) is 11.8. The Morgan fingerprint density at radius 2 is 2.19 bits per heavy atom. The van der Waals surface area contributed by atoms with Crippen molar-refractivity contribution in [2.75, 3.05) is 20.3 Å². The van der Waals surface area contributed by atoms with Gasteiger partial charge in [0, 0.05) is 12.8 Å². The third-order valence-electron chi connectivity index (χ3n) is 2.84. The molecule has 1 heterocycles. The molecule has 0 bridgehead atoms. The molecule has 1 unspecified atom stereocenters. The number of hydrogen-bond acceptors (Lipinski definition) is 6. The SMILES string of the molecule is CCC(Sc1nc(C)cc(C)c1C#N)C(=O)OCCOC. The average molecular weight is 308 g/mol. The third kappa shape index (κ3) is 5.03. The second-order valence-electron chi connectivity index (χ2n) is 4.55. The molecule has 1 aromatic rings. The molecule has 1 aromatic heterocycles. The van der Waals surface area contributed by atoms with Crippen LogP contribution >= 0.6 is 11.8 Å². The van der Waals surface area contributed by atoms with Crippen LogP contribution in [0.4, 0.5) is 0 Å². The van der Waals surface area contributed by atoms with Gasteiger partial charge in [-0.15, -0.1) is 0 Å². The molecule has 0 saturated heterocycles. The maximum atomic E-state index is 12.0. The van der Waals surface area contributed by atoms with Gasteiger partial charge in [-0.3, -0.25) is 4.79 Å². The number of aryl methyl sites for hydroxylation is 2. The fourth-order valence-electron chi connectivity index (χ4n) is 1.78. The molecule has 0 aliphatic rings. The highest BCUT2D eigenvalue weighted by molar-refractivity contribution is 8.00. The van der Waals surface area contributed by atoms with Gasteiger partial charge >= 0.3 is 5.97 Å². The van der Waals surface area contributed by atoms with Gasteiger partial charge in [-0.2, -0.15) is 5.26 Å². The fraction of sp³-hybridized carbons (Fsp3) is 0.533. The molecule has 6 heteroatoms.